The van der Waals surface area contributed by atoms with Crippen LogP contribution in [0.2, 0.25) is 0 Å². The Kier molecular flexibility index (Phi) is 6.76. The first-order valence-electron chi connectivity index (χ1n) is 9.19. The second-order valence-corrected chi connectivity index (χ2v) is 6.61. The maximum Gasteiger partial charge on any atom is 0.235 e. The van der Waals surface area contributed by atoms with E-state index < -0.39 is 0 Å². The van der Waals surface area contributed by atoms with Crippen molar-refractivity contribution < 1.29 is 10.2 Å². The summed E-state index contributed by atoms with van der Waals surface area (Å²) in [6.45, 7) is 8.05. The SMILES string of the molecule is CCCCCc1c(O)c(O)n(CCCn2ccnc2)c1C(C)CC. The van der Waals surface area contributed by atoms with Crippen LogP contribution in [0.25, 0.3) is 0 Å². The van der Waals surface area contributed by atoms with Gasteiger partial charge in [-0.25, -0.2) is 4.98 Å². The van der Waals surface area contributed by atoms with Crippen LogP contribution in [0, 0.1) is 0 Å². The number of aryl methyl sites for hydroxylation is 1. The third-order valence-electron chi connectivity index (χ3n) is 4.82. The number of aromatic hydroxyl groups is 2. The van der Waals surface area contributed by atoms with Crippen LogP contribution >= 0.6 is 0 Å². The van der Waals surface area contributed by atoms with Crippen LogP contribution in [-0.4, -0.2) is 24.3 Å². The normalized spacial score (nSPS) is 12.6. The lowest BCUT2D eigenvalue weighted by atomic mass is 9.97. The predicted octanol–water partition coefficient (Wildman–Crippen LogP) is 4.43. The number of nitrogens with zero attached hydrogens (tertiary/aromatic N) is 3. The zero-order valence-corrected chi connectivity index (χ0v) is 15.2. The van der Waals surface area contributed by atoms with Crippen LogP contribution < -0.4 is 0 Å². The predicted molar refractivity (Wildman–Crippen MR) is 96.5 cm³/mol. The minimum Gasteiger partial charge on any atom is -0.503 e. The van der Waals surface area contributed by atoms with E-state index >= 15 is 0 Å². The van der Waals surface area contributed by atoms with Gasteiger partial charge >= 0.3 is 0 Å². The fourth-order valence-corrected chi connectivity index (χ4v) is 3.27. The largest absolute Gasteiger partial charge is 0.503 e. The monoisotopic (exact) mass is 333 g/mol. The summed E-state index contributed by atoms with van der Waals surface area (Å²) in [5.74, 6) is 0.438. The fourth-order valence-electron chi connectivity index (χ4n) is 3.27. The van der Waals surface area contributed by atoms with Gasteiger partial charge in [-0.15, -0.1) is 0 Å². The van der Waals surface area contributed by atoms with E-state index in [2.05, 4.69) is 25.8 Å². The number of unbranched alkanes of at least 4 members (excludes halogenated alkanes) is 2. The molecule has 2 heterocycles. The van der Waals surface area contributed by atoms with Crippen molar-refractivity contribution >= 4 is 0 Å². The molecular weight excluding hydrogens is 302 g/mol. The molecule has 0 saturated heterocycles. The molecule has 0 radical (unpaired) electrons. The van der Waals surface area contributed by atoms with Gasteiger partial charge < -0.3 is 19.3 Å². The minimum absolute atomic E-state index is 0.0300. The quantitative estimate of drug-likeness (QED) is 0.632. The van der Waals surface area contributed by atoms with Crippen molar-refractivity contribution in [3.05, 3.63) is 30.0 Å². The van der Waals surface area contributed by atoms with E-state index in [0.717, 1.165) is 56.3 Å². The van der Waals surface area contributed by atoms with E-state index in [0.29, 0.717) is 12.5 Å². The first-order chi connectivity index (χ1) is 11.6. The molecule has 0 saturated carbocycles. The van der Waals surface area contributed by atoms with Crippen LogP contribution in [0.1, 0.15) is 70.1 Å². The Bertz CT molecular complexity index is 617. The summed E-state index contributed by atoms with van der Waals surface area (Å²) in [5.41, 5.74) is 2.05. The molecule has 1 atom stereocenters. The Morgan fingerprint density at radius 2 is 1.92 bits per heavy atom. The molecule has 2 N–H and O–H groups in total. The van der Waals surface area contributed by atoms with Gasteiger partial charge in [0.2, 0.25) is 5.88 Å². The highest BCUT2D eigenvalue weighted by Crippen LogP contribution is 2.40. The molecule has 0 fully saturated rings. The van der Waals surface area contributed by atoms with Crippen molar-refractivity contribution in [3.8, 4) is 11.6 Å². The molecule has 0 aromatic carbocycles. The van der Waals surface area contributed by atoms with E-state index in [-0.39, 0.29) is 11.6 Å². The van der Waals surface area contributed by atoms with Crippen molar-refractivity contribution in [2.45, 2.75) is 78.3 Å². The first-order valence-corrected chi connectivity index (χ1v) is 9.19. The zero-order chi connectivity index (χ0) is 17.5. The fraction of sp³-hybridized carbons (Fsp3) is 0.632. The van der Waals surface area contributed by atoms with Gasteiger partial charge in [0.25, 0.3) is 0 Å². The van der Waals surface area contributed by atoms with Gasteiger partial charge in [-0.05, 0) is 31.6 Å². The molecule has 0 bridgehead atoms. The summed E-state index contributed by atoms with van der Waals surface area (Å²) in [6.07, 6.45) is 11.6. The van der Waals surface area contributed by atoms with Crippen molar-refractivity contribution in [1.29, 1.82) is 0 Å². The molecule has 2 aromatic rings. The molecule has 0 aliphatic heterocycles. The van der Waals surface area contributed by atoms with E-state index in [1.165, 1.54) is 0 Å². The van der Waals surface area contributed by atoms with E-state index in [1.807, 2.05) is 15.3 Å². The zero-order valence-electron chi connectivity index (χ0n) is 15.2. The van der Waals surface area contributed by atoms with Gasteiger partial charge in [-0.1, -0.05) is 33.6 Å². The lowest BCUT2D eigenvalue weighted by molar-refractivity contribution is 0.363. The van der Waals surface area contributed by atoms with Crippen molar-refractivity contribution in [1.82, 2.24) is 14.1 Å². The number of aromatic nitrogens is 3. The van der Waals surface area contributed by atoms with Crippen LogP contribution in [0.5, 0.6) is 11.6 Å². The Hall–Kier alpha value is -1.91. The molecule has 0 spiro atoms. The second kappa shape index (κ2) is 8.81. The smallest absolute Gasteiger partial charge is 0.235 e. The number of imidazole rings is 1. The van der Waals surface area contributed by atoms with Crippen molar-refractivity contribution in [3.63, 3.8) is 0 Å². The summed E-state index contributed by atoms with van der Waals surface area (Å²) >= 11 is 0. The Morgan fingerprint density at radius 1 is 1.12 bits per heavy atom. The third-order valence-corrected chi connectivity index (χ3v) is 4.82. The second-order valence-electron chi connectivity index (χ2n) is 6.61. The molecule has 5 nitrogen and oxygen atoms in total. The highest BCUT2D eigenvalue weighted by molar-refractivity contribution is 5.48. The molecule has 134 valence electrons. The van der Waals surface area contributed by atoms with Gasteiger partial charge in [0.05, 0.1) is 6.33 Å². The Labute approximate surface area is 145 Å². The highest BCUT2D eigenvalue weighted by atomic mass is 16.3. The Balaban J connectivity index is 2.19. The maximum atomic E-state index is 10.5. The number of rotatable bonds is 10. The summed E-state index contributed by atoms with van der Waals surface area (Å²) < 4.78 is 3.95. The lowest BCUT2D eigenvalue weighted by Gasteiger charge is -2.17. The van der Waals surface area contributed by atoms with Crippen molar-refractivity contribution in [2.24, 2.45) is 0 Å². The number of hydrogen-bond donors (Lipinski definition) is 2. The Morgan fingerprint density at radius 3 is 2.54 bits per heavy atom. The lowest BCUT2D eigenvalue weighted by Crippen LogP contribution is -2.09. The topological polar surface area (TPSA) is 63.2 Å². The summed E-state index contributed by atoms with van der Waals surface area (Å²) in [5, 5.41) is 20.9. The summed E-state index contributed by atoms with van der Waals surface area (Å²) in [7, 11) is 0. The molecule has 0 aliphatic carbocycles. The van der Waals surface area contributed by atoms with Gasteiger partial charge in [0, 0.05) is 36.7 Å². The van der Waals surface area contributed by atoms with E-state index in [4.69, 9.17) is 0 Å². The van der Waals surface area contributed by atoms with Crippen LogP contribution in [0.4, 0.5) is 0 Å². The molecule has 24 heavy (non-hydrogen) atoms. The molecular formula is C19H31N3O2. The van der Waals surface area contributed by atoms with Crippen LogP contribution in [-0.2, 0) is 19.5 Å². The third kappa shape index (κ3) is 4.13. The maximum absolute atomic E-state index is 10.5. The summed E-state index contributed by atoms with van der Waals surface area (Å²) in [4.78, 5) is 4.05. The summed E-state index contributed by atoms with van der Waals surface area (Å²) in [6, 6.07) is 0. The van der Waals surface area contributed by atoms with Crippen LogP contribution in [0.15, 0.2) is 18.7 Å². The molecule has 1 unspecified atom stereocenters. The molecule has 0 amide bonds. The highest BCUT2D eigenvalue weighted by Gasteiger charge is 2.24. The van der Waals surface area contributed by atoms with E-state index in [9.17, 15) is 10.2 Å². The average Bonchev–Trinajstić information content (AvgIpc) is 3.17. The van der Waals surface area contributed by atoms with Crippen LogP contribution in [0.3, 0.4) is 0 Å². The molecule has 2 rings (SSSR count). The van der Waals surface area contributed by atoms with Gasteiger partial charge in [0.15, 0.2) is 5.75 Å². The average molecular weight is 333 g/mol. The molecule has 0 aliphatic rings. The molecule has 2 aromatic heterocycles. The first kappa shape index (κ1) is 18.4. The minimum atomic E-state index is 0.0300. The van der Waals surface area contributed by atoms with Crippen molar-refractivity contribution in [2.75, 3.05) is 0 Å². The molecule has 5 heteroatoms. The standard InChI is InChI=1S/C19H31N3O2/c1-4-6-7-9-16-17(15(3)5-2)22(19(24)18(16)23)12-8-11-21-13-10-20-14-21/h10,13-15,23-24H,4-9,11-12H2,1-3H3. The van der Waals surface area contributed by atoms with Gasteiger partial charge in [0.1, 0.15) is 0 Å². The van der Waals surface area contributed by atoms with Gasteiger partial charge in [-0.2, -0.15) is 0 Å². The van der Waals surface area contributed by atoms with Gasteiger partial charge in [-0.3, -0.25) is 0 Å². The number of hydrogen-bond acceptors (Lipinski definition) is 3. The van der Waals surface area contributed by atoms with E-state index in [1.54, 1.807) is 12.5 Å².